The summed E-state index contributed by atoms with van der Waals surface area (Å²) >= 11 is 0. The predicted octanol–water partition coefficient (Wildman–Crippen LogP) is 2.05. The molecular weight excluding hydrogens is 250 g/mol. The van der Waals surface area contributed by atoms with E-state index in [9.17, 15) is 32.5 Å². The number of nitrogens with zero attached hydrogens (tertiary/aromatic N) is 1. The molecule has 1 aromatic rings. The van der Waals surface area contributed by atoms with Gasteiger partial charge in [-0.05, 0) is 6.07 Å². The van der Waals surface area contributed by atoms with E-state index in [-0.39, 0.29) is 12.1 Å². The summed E-state index contributed by atoms with van der Waals surface area (Å²) in [6.45, 7) is 0. The molecule has 0 saturated carbocycles. The van der Waals surface area contributed by atoms with Gasteiger partial charge in [-0.2, -0.15) is 13.2 Å². The number of carbonyl (C=O) groups is 1. The highest BCUT2D eigenvalue weighted by Crippen LogP contribution is 2.33. The van der Waals surface area contributed by atoms with Crippen LogP contribution in [0.1, 0.15) is 5.56 Å². The standard InChI is InChI=1S/C8H3F4NO4/c9-4-2-6(13(16)17)5(10)1-3(4)8(11,12)7(14)15/h1-2H,(H,14,15). The van der Waals surface area contributed by atoms with Crippen LogP contribution < -0.4 is 0 Å². The smallest absolute Gasteiger partial charge is 0.379 e. The maximum atomic E-state index is 13.0. The van der Waals surface area contributed by atoms with E-state index in [1.165, 1.54) is 0 Å². The van der Waals surface area contributed by atoms with Crippen LogP contribution in [-0.2, 0) is 10.7 Å². The number of hydrogen-bond donors (Lipinski definition) is 1. The highest BCUT2D eigenvalue weighted by Gasteiger charge is 2.44. The monoisotopic (exact) mass is 253 g/mol. The van der Waals surface area contributed by atoms with Gasteiger partial charge in [0.05, 0.1) is 16.6 Å². The van der Waals surface area contributed by atoms with Crippen LogP contribution in [0.15, 0.2) is 12.1 Å². The number of nitro groups is 1. The molecular formula is C8H3F4NO4. The van der Waals surface area contributed by atoms with Gasteiger partial charge in [-0.25, -0.2) is 9.18 Å². The zero-order valence-corrected chi connectivity index (χ0v) is 7.79. The van der Waals surface area contributed by atoms with Gasteiger partial charge in [-0.1, -0.05) is 0 Å². The highest BCUT2D eigenvalue weighted by molar-refractivity contribution is 5.77. The third kappa shape index (κ3) is 2.17. The Bertz CT molecular complexity index is 503. The molecule has 0 radical (unpaired) electrons. The first kappa shape index (κ1) is 12.9. The minimum atomic E-state index is -4.67. The van der Waals surface area contributed by atoms with Gasteiger partial charge in [-0.15, -0.1) is 0 Å². The van der Waals surface area contributed by atoms with E-state index < -0.39 is 39.7 Å². The summed E-state index contributed by atoms with van der Waals surface area (Å²) in [5.74, 6) is -11.0. The fraction of sp³-hybridized carbons (Fsp3) is 0.125. The van der Waals surface area contributed by atoms with Gasteiger partial charge in [0.2, 0.25) is 5.82 Å². The molecule has 9 heteroatoms. The molecule has 0 saturated heterocycles. The molecule has 1 rings (SSSR count). The van der Waals surface area contributed by atoms with Gasteiger partial charge in [0.25, 0.3) is 0 Å². The Morgan fingerprint density at radius 2 is 1.82 bits per heavy atom. The first-order valence-electron chi connectivity index (χ1n) is 3.93. The van der Waals surface area contributed by atoms with E-state index in [1.54, 1.807) is 0 Å². The molecule has 0 unspecified atom stereocenters. The van der Waals surface area contributed by atoms with E-state index in [0.29, 0.717) is 0 Å². The highest BCUT2D eigenvalue weighted by atomic mass is 19.3. The fourth-order valence-electron chi connectivity index (χ4n) is 1.03. The van der Waals surface area contributed by atoms with Crippen molar-refractivity contribution >= 4 is 11.7 Å². The molecule has 0 aliphatic heterocycles. The van der Waals surface area contributed by atoms with Crippen molar-refractivity contribution in [3.63, 3.8) is 0 Å². The maximum absolute atomic E-state index is 13.0. The summed E-state index contributed by atoms with van der Waals surface area (Å²) < 4.78 is 51.7. The quantitative estimate of drug-likeness (QED) is 0.507. The van der Waals surface area contributed by atoms with Crippen LogP contribution in [0.25, 0.3) is 0 Å². The van der Waals surface area contributed by atoms with Gasteiger partial charge < -0.3 is 5.11 Å². The van der Waals surface area contributed by atoms with Gasteiger partial charge in [0.15, 0.2) is 0 Å². The second kappa shape index (κ2) is 4.00. The molecule has 0 bridgehead atoms. The van der Waals surface area contributed by atoms with Gasteiger partial charge in [0, 0.05) is 0 Å². The minimum absolute atomic E-state index is 0.0957. The van der Waals surface area contributed by atoms with Crippen molar-refractivity contribution in [2.75, 3.05) is 0 Å². The van der Waals surface area contributed by atoms with Crippen LogP contribution in [0.5, 0.6) is 0 Å². The lowest BCUT2D eigenvalue weighted by Gasteiger charge is -2.12. The lowest BCUT2D eigenvalue weighted by molar-refractivity contribution is -0.387. The van der Waals surface area contributed by atoms with Crippen LogP contribution in [0.3, 0.4) is 0 Å². The number of hydrogen-bond acceptors (Lipinski definition) is 3. The van der Waals surface area contributed by atoms with Crippen molar-refractivity contribution in [3.8, 4) is 0 Å². The molecule has 0 atom stereocenters. The summed E-state index contributed by atoms with van der Waals surface area (Å²) in [5, 5.41) is 18.3. The molecule has 1 N–H and O–H groups in total. The van der Waals surface area contributed by atoms with Crippen molar-refractivity contribution in [1.82, 2.24) is 0 Å². The number of carboxylic acids is 1. The Hall–Kier alpha value is -2.19. The number of nitro benzene ring substituents is 1. The Kier molecular flexibility index (Phi) is 3.03. The molecule has 0 fully saturated rings. The van der Waals surface area contributed by atoms with Gasteiger partial charge >= 0.3 is 17.6 Å². The number of alkyl halides is 2. The fourth-order valence-corrected chi connectivity index (χ4v) is 1.03. The maximum Gasteiger partial charge on any atom is 0.379 e. The molecule has 17 heavy (non-hydrogen) atoms. The Labute approximate surface area is 90.4 Å². The summed E-state index contributed by atoms with van der Waals surface area (Å²) in [7, 11) is 0. The Morgan fingerprint density at radius 3 is 2.24 bits per heavy atom. The summed E-state index contributed by atoms with van der Waals surface area (Å²) in [5.41, 5.74) is -3.12. The largest absolute Gasteiger partial charge is 0.477 e. The van der Waals surface area contributed by atoms with E-state index in [4.69, 9.17) is 5.11 Å². The van der Waals surface area contributed by atoms with Crippen molar-refractivity contribution in [2.24, 2.45) is 0 Å². The molecule has 0 aliphatic rings. The van der Waals surface area contributed by atoms with Gasteiger partial charge in [0.1, 0.15) is 5.82 Å². The SMILES string of the molecule is O=C(O)C(F)(F)c1cc(F)c([N+](=O)[O-])cc1F. The molecule has 5 nitrogen and oxygen atoms in total. The zero-order chi connectivity index (χ0) is 13.4. The van der Waals surface area contributed by atoms with Crippen molar-refractivity contribution in [1.29, 1.82) is 0 Å². The molecule has 92 valence electrons. The molecule has 0 aliphatic carbocycles. The van der Waals surface area contributed by atoms with E-state index in [2.05, 4.69) is 0 Å². The number of aliphatic carboxylic acids is 1. The second-order valence-corrected chi connectivity index (χ2v) is 2.92. The summed E-state index contributed by atoms with van der Waals surface area (Å²) in [6, 6.07) is -0.302. The van der Waals surface area contributed by atoms with Crippen LogP contribution in [0.4, 0.5) is 23.2 Å². The lowest BCUT2D eigenvalue weighted by Crippen LogP contribution is -2.27. The number of benzene rings is 1. The molecule has 1 aromatic carbocycles. The van der Waals surface area contributed by atoms with E-state index >= 15 is 0 Å². The second-order valence-electron chi connectivity index (χ2n) is 2.92. The summed E-state index contributed by atoms with van der Waals surface area (Å²) in [4.78, 5) is 19.0. The Balaban J connectivity index is 3.45. The van der Waals surface area contributed by atoms with Crippen molar-refractivity contribution < 1.29 is 32.4 Å². The average molecular weight is 253 g/mol. The molecule has 0 aromatic heterocycles. The Morgan fingerprint density at radius 1 is 1.29 bits per heavy atom. The summed E-state index contributed by atoms with van der Waals surface area (Å²) in [6.07, 6.45) is 0. The predicted molar refractivity (Wildman–Crippen MR) is 44.5 cm³/mol. The van der Waals surface area contributed by atoms with Crippen molar-refractivity contribution in [2.45, 2.75) is 5.92 Å². The zero-order valence-electron chi connectivity index (χ0n) is 7.79. The molecule has 0 amide bonds. The van der Waals surface area contributed by atoms with Crippen LogP contribution in [0, 0.1) is 21.7 Å². The number of carboxylic acid groups (broad SMARTS) is 1. The minimum Gasteiger partial charge on any atom is -0.477 e. The normalized spacial score (nSPS) is 11.3. The topological polar surface area (TPSA) is 80.4 Å². The first-order chi connectivity index (χ1) is 7.67. The molecule has 0 spiro atoms. The average Bonchev–Trinajstić information content (AvgIpc) is 2.20. The number of rotatable bonds is 3. The van der Waals surface area contributed by atoms with Crippen molar-refractivity contribution in [3.05, 3.63) is 39.4 Å². The lowest BCUT2D eigenvalue weighted by atomic mass is 10.1. The van der Waals surface area contributed by atoms with E-state index in [0.717, 1.165) is 0 Å². The molecule has 0 heterocycles. The van der Waals surface area contributed by atoms with Gasteiger partial charge in [-0.3, -0.25) is 10.1 Å². The third-order valence-electron chi connectivity index (χ3n) is 1.84. The van der Waals surface area contributed by atoms with Crippen LogP contribution in [-0.4, -0.2) is 16.0 Å². The van der Waals surface area contributed by atoms with Crippen LogP contribution in [0.2, 0.25) is 0 Å². The number of halogens is 4. The van der Waals surface area contributed by atoms with Crippen LogP contribution >= 0.6 is 0 Å². The van der Waals surface area contributed by atoms with E-state index in [1.807, 2.05) is 0 Å². The third-order valence-corrected chi connectivity index (χ3v) is 1.84. The first-order valence-corrected chi connectivity index (χ1v) is 3.93.